The molecule has 0 aliphatic rings. The zero-order valence-electron chi connectivity index (χ0n) is 11.4. The van der Waals surface area contributed by atoms with Crippen molar-refractivity contribution < 1.29 is 24.6 Å². The molecule has 1 amide bonds. The van der Waals surface area contributed by atoms with Gasteiger partial charge >= 0.3 is 5.97 Å². The summed E-state index contributed by atoms with van der Waals surface area (Å²) < 4.78 is 0. The normalized spacial score (nSPS) is 10.7. The van der Waals surface area contributed by atoms with Gasteiger partial charge < -0.3 is 15.5 Å². The van der Waals surface area contributed by atoms with Gasteiger partial charge in [-0.2, -0.15) is 0 Å². The molecule has 112 valence electrons. The molecule has 0 spiro atoms. The Kier molecular flexibility index (Phi) is 4.53. The summed E-state index contributed by atoms with van der Waals surface area (Å²) in [6, 6.07) is 10.2. The Hall–Kier alpha value is -3.15. The fourth-order valence-electron chi connectivity index (χ4n) is 1.90. The Morgan fingerprint density at radius 3 is 2.32 bits per heavy atom. The molecule has 0 saturated carbocycles. The fourth-order valence-corrected chi connectivity index (χ4v) is 1.90. The minimum atomic E-state index is -1.24. The van der Waals surface area contributed by atoms with Crippen molar-refractivity contribution in [3.63, 3.8) is 0 Å². The summed E-state index contributed by atoms with van der Waals surface area (Å²) in [4.78, 5) is 33.6. The van der Waals surface area contributed by atoms with E-state index in [1.165, 1.54) is 12.1 Å². The van der Waals surface area contributed by atoms with Gasteiger partial charge in [-0.1, -0.05) is 24.3 Å². The van der Waals surface area contributed by atoms with E-state index in [-0.39, 0.29) is 17.9 Å². The van der Waals surface area contributed by atoms with E-state index < -0.39 is 17.7 Å². The van der Waals surface area contributed by atoms with E-state index >= 15 is 0 Å². The number of aromatic hydroxyl groups is 1. The van der Waals surface area contributed by atoms with E-state index in [1.807, 2.05) is 6.07 Å². The lowest BCUT2D eigenvalue weighted by Gasteiger charge is -2.07. The summed E-state index contributed by atoms with van der Waals surface area (Å²) in [6.45, 7) is -0.352. The van der Waals surface area contributed by atoms with Crippen LogP contribution in [-0.2, 0) is 9.59 Å². The zero-order chi connectivity index (χ0) is 16.1. The standard InChI is InChI=1S/C16H13NO5/c18-12(5-6-15(20)21)9-17-16(22)13-7-10-3-1-2-4-11(10)8-14(13)19/h1-8,19H,9H2,(H,17,22)(H,20,21)/b6-5-. The Morgan fingerprint density at radius 1 is 1.05 bits per heavy atom. The molecule has 2 rings (SSSR count). The monoisotopic (exact) mass is 299 g/mol. The van der Waals surface area contributed by atoms with E-state index in [0.29, 0.717) is 6.08 Å². The second-order valence-corrected chi connectivity index (χ2v) is 4.54. The lowest BCUT2D eigenvalue weighted by atomic mass is 10.1. The topological polar surface area (TPSA) is 104 Å². The van der Waals surface area contributed by atoms with E-state index in [2.05, 4.69) is 5.32 Å². The minimum Gasteiger partial charge on any atom is -0.507 e. The molecule has 22 heavy (non-hydrogen) atoms. The van der Waals surface area contributed by atoms with Crippen LogP contribution in [0.2, 0.25) is 0 Å². The molecular weight excluding hydrogens is 286 g/mol. The highest BCUT2D eigenvalue weighted by Crippen LogP contribution is 2.24. The first-order valence-corrected chi connectivity index (χ1v) is 6.41. The number of carbonyl (C=O) groups is 3. The van der Waals surface area contributed by atoms with Gasteiger partial charge in [-0.25, -0.2) is 4.79 Å². The number of aliphatic carboxylic acids is 1. The Bertz CT molecular complexity index is 779. The first-order chi connectivity index (χ1) is 10.5. The van der Waals surface area contributed by atoms with Crippen molar-refractivity contribution in [2.24, 2.45) is 0 Å². The minimum absolute atomic E-state index is 0.0497. The van der Waals surface area contributed by atoms with Crippen molar-refractivity contribution in [1.29, 1.82) is 0 Å². The van der Waals surface area contributed by atoms with Crippen LogP contribution in [0.25, 0.3) is 10.8 Å². The number of carbonyl (C=O) groups excluding carboxylic acids is 2. The number of hydrogen-bond acceptors (Lipinski definition) is 4. The van der Waals surface area contributed by atoms with Crippen LogP contribution < -0.4 is 5.32 Å². The van der Waals surface area contributed by atoms with Crippen LogP contribution >= 0.6 is 0 Å². The molecule has 0 bridgehead atoms. The van der Waals surface area contributed by atoms with Gasteiger partial charge in [0.05, 0.1) is 12.1 Å². The Balaban J connectivity index is 2.11. The van der Waals surface area contributed by atoms with Gasteiger partial charge in [0.25, 0.3) is 5.91 Å². The predicted octanol–water partition coefficient (Wildman–Crippen LogP) is 1.49. The van der Waals surface area contributed by atoms with Crippen molar-refractivity contribution in [3.8, 4) is 5.75 Å². The van der Waals surface area contributed by atoms with Gasteiger partial charge in [0.2, 0.25) is 0 Å². The number of fused-ring (bicyclic) bond motifs is 1. The average molecular weight is 299 g/mol. The molecule has 3 N–H and O–H groups in total. The number of amides is 1. The lowest BCUT2D eigenvalue weighted by molar-refractivity contribution is -0.131. The summed E-state index contributed by atoms with van der Waals surface area (Å²) in [5, 5.41) is 22.2. The molecule has 0 saturated heterocycles. The van der Waals surface area contributed by atoms with Gasteiger partial charge in [0.15, 0.2) is 5.78 Å². The van der Waals surface area contributed by atoms with Crippen LogP contribution in [0.3, 0.4) is 0 Å². The van der Waals surface area contributed by atoms with Gasteiger partial charge in [-0.15, -0.1) is 0 Å². The molecule has 0 aromatic heterocycles. The second-order valence-electron chi connectivity index (χ2n) is 4.54. The lowest BCUT2D eigenvalue weighted by Crippen LogP contribution is -2.28. The van der Waals surface area contributed by atoms with Crippen molar-refractivity contribution in [2.75, 3.05) is 6.54 Å². The number of phenolic OH excluding ortho intramolecular Hbond substituents is 1. The summed E-state index contributed by atoms with van der Waals surface area (Å²) >= 11 is 0. The summed E-state index contributed by atoms with van der Waals surface area (Å²) in [7, 11) is 0. The number of hydrogen-bond donors (Lipinski definition) is 3. The van der Waals surface area contributed by atoms with Crippen LogP contribution in [-0.4, -0.2) is 34.4 Å². The first-order valence-electron chi connectivity index (χ1n) is 6.41. The smallest absolute Gasteiger partial charge is 0.328 e. The highest BCUT2D eigenvalue weighted by molar-refractivity contribution is 6.04. The fraction of sp³-hybridized carbons (Fsp3) is 0.0625. The van der Waals surface area contributed by atoms with E-state index in [0.717, 1.165) is 16.8 Å². The predicted molar refractivity (Wildman–Crippen MR) is 79.7 cm³/mol. The maximum absolute atomic E-state index is 12.0. The number of carboxylic acid groups (broad SMARTS) is 1. The molecule has 0 radical (unpaired) electrons. The molecule has 0 fully saturated rings. The van der Waals surface area contributed by atoms with Crippen LogP contribution in [0, 0.1) is 0 Å². The SMILES string of the molecule is O=C(O)/C=C\C(=O)CNC(=O)c1cc2ccccc2cc1O. The molecule has 6 heteroatoms. The van der Waals surface area contributed by atoms with Crippen molar-refractivity contribution in [2.45, 2.75) is 0 Å². The number of rotatable bonds is 5. The molecule has 2 aromatic carbocycles. The molecular formula is C16H13NO5. The van der Waals surface area contributed by atoms with E-state index in [1.54, 1.807) is 18.2 Å². The molecule has 0 heterocycles. The molecule has 2 aromatic rings. The Morgan fingerprint density at radius 2 is 1.68 bits per heavy atom. The molecule has 0 unspecified atom stereocenters. The largest absolute Gasteiger partial charge is 0.507 e. The number of phenols is 1. The highest BCUT2D eigenvalue weighted by atomic mass is 16.4. The third-order valence-electron chi connectivity index (χ3n) is 2.94. The maximum Gasteiger partial charge on any atom is 0.328 e. The summed E-state index contributed by atoms with van der Waals surface area (Å²) in [5.41, 5.74) is 0.0497. The van der Waals surface area contributed by atoms with E-state index in [9.17, 15) is 19.5 Å². The van der Waals surface area contributed by atoms with Crippen molar-refractivity contribution in [1.82, 2.24) is 5.32 Å². The summed E-state index contributed by atoms with van der Waals surface area (Å²) in [5.74, 6) is -2.60. The van der Waals surface area contributed by atoms with Gasteiger partial charge in [-0.05, 0) is 29.0 Å². The summed E-state index contributed by atoms with van der Waals surface area (Å²) in [6.07, 6.45) is 1.56. The molecule has 0 aliphatic heterocycles. The third-order valence-corrected chi connectivity index (χ3v) is 2.94. The van der Waals surface area contributed by atoms with Gasteiger partial charge in [-0.3, -0.25) is 9.59 Å². The molecule has 0 aliphatic carbocycles. The average Bonchev–Trinajstić information content (AvgIpc) is 2.49. The van der Waals surface area contributed by atoms with Crippen LogP contribution in [0.1, 0.15) is 10.4 Å². The highest BCUT2D eigenvalue weighted by Gasteiger charge is 2.13. The third kappa shape index (κ3) is 3.69. The van der Waals surface area contributed by atoms with E-state index in [4.69, 9.17) is 5.11 Å². The van der Waals surface area contributed by atoms with Crippen LogP contribution in [0.5, 0.6) is 5.75 Å². The Labute approximate surface area is 125 Å². The van der Waals surface area contributed by atoms with Crippen molar-refractivity contribution >= 4 is 28.4 Å². The van der Waals surface area contributed by atoms with Crippen molar-refractivity contribution in [3.05, 3.63) is 54.1 Å². The molecule has 6 nitrogen and oxygen atoms in total. The second kappa shape index (κ2) is 6.53. The van der Waals surface area contributed by atoms with Crippen LogP contribution in [0.15, 0.2) is 48.6 Å². The number of benzene rings is 2. The number of nitrogens with one attached hydrogen (secondary N) is 1. The number of ketones is 1. The zero-order valence-corrected chi connectivity index (χ0v) is 11.4. The maximum atomic E-state index is 12.0. The van der Waals surface area contributed by atoms with Gasteiger partial charge in [0, 0.05) is 6.08 Å². The molecule has 0 atom stereocenters. The quantitative estimate of drug-likeness (QED) is 0.726. The number of carboxylic acids is 1. The first kappa shape index (κ1) is 15.2. The van der Waals surface area contributed by atoms with Crippen LogP contribution in [0.4, 0.5) is 0 Å². The van der Waals surface area contributed by atoms with Gasteiger partial charge in [0.1, 0.15) is 5.75 Å².